The average molecular weight is 382 g/mol. The van der Waals surface area contributed by atoms with Gasteiger partial charge in [0.15, 0.2) is 10.9 Å². The Hall–Kier alpha value is -2.54. The summed E-state index contributed by atoms with van der Waals surface area (Å²) in [5.74, 6) is 2.14. The van der Waals surface area contributed by atoms with Crippen molar-refractivity contribution in [1.82, 2.24) is 20.1 Å². The number of thioether (sulfide) groups is 1. The fourth-order valence-corrected chi connectivity index (χ4v) is 4.26. The van der Waals surface area contributed by atoms with Gasteiger partial charge in [0.1, 0.15) is 12.1 Å². The van der Waals surface area contributed by atoms with Gasteiger partial charge in [0.25, 0.3) is 5.91 Å². The molecule has 4 rings (SSSR count). The molecule has 1 aliphatic rings. The van der Waals surface area contributed by atoms with Crippen molar-refractivity contribution in [2.24, 2.45) is 0 Å². The van der Waals surface area contributed by atoms with Crippen molar-refractivity contribution < 1.29 is 9.21 Å². The molecule has 6 nitrogen and oxygen atoms in total. The Morgan fingerprint density at radius 2 is 2.22 bits per heavy atom. The summed E-state index contributed by atoms with van der Waals surface area (Å²) in [7, 11) is 0. The van der Waals surface area contributed by atoms with Crippen LogP contribution in [0.15, 0.2) is 52.3 Å². The highest BCUT2D eigenvalue weighted by molar-refractivity contribution is 7.98. The first-order valence-corrected chi connectivity index (χ1v) is 10.1. The largest absolute Gasteiger partial charge is 0.455 e. The molecule has 1 aromatic carbocycles. The van der Waals surface area contributed by atoms with E-state index in [0.717, 1.165) is 36.8 Å². The first-order valence-electron chi connectivity index (χ1n) is 9.12. The van der Waals surface area contributed by atoms with Crippen molar-refractivity contribution in [3.63, 3.8) is 0 Å². The lowest BCUT2D eigenvalue weighted by Gasteiger charge is -2.33. The number of piperidine rings is 1. The van der Waals surface area contributed by atoms with E-state index in [1.54, 1.807) is 6.07 Å². The SMILES string of the molecule is Cc1ccccc1C1CCCN(C(=O)c2ccc(CSc3ncn[nH]3)o2)C1. The summed E-state index contributed by atoms with van der Waals surface area (Å²) in [5.41, 5.74) is 2.64. The van der Waals surface area contributed by atoms with E-state index in [-0.39, 0.29) is 5.91 Å². The van der Waals surface area contributed by atoms with Crippen LogP contribution in [0.2, 0.25) is 0 Å². The maximum atomic E-state index is 12.9. The fourth-order valence-electron chi connectivity index (χ4n) is 3.59. The molecule has 1 saturated heterocycles. The molecule has 1 N–H and O–H groups in total. The third kappa shape index (κ3) is 4.08. The van der Waals surface area contributed by atoms with E-state index < -0.39 is 0 Å². The van der Waals surface area contributed by atoms with Crippen LogP contribution >= 0.6 is 11.8 Å². The van der Waals surface area contributed by atoms with Gasteiger partial charge in [-0.1, -0.05) is 36.0 Å². The van der Waals surface area contributed by atoms with Gasteiger partial charge in [0.05, 0.1) is 5.75 Å². The lowest BCUT2D eigenvalue weighted by atomic mass is 9.88. The number of nitrogens with one attached hydrogen (secondary N) is 1. The number of benzene rings is 1. The standard InChI is InChI=1S/C20H22N4O2S/c1-14-5-2-3-7-17(14)15-6-4-10-24(11-15)19(25)18-9-8-16(26-18)12-27-20-21-13-22-23-20/h2-3,5,7-9,13,15H,4,6,10-12H2,1H3,(H,21,22,23). The summed E-state index contributed by atoms with van der Waals surface area (Å²) < 4.78 is 5.79. The number of aromatic amines is 1. The molecule has 3 heterocycles. The summed E-state index contributed by atoms with van der Waals surface area (Å²) >= 11 is 1.49. The molecule has 0 radical (unpaired) electrons. The van der Waals surface area contributed by atoms with Crippen molar-refractivity contribution in [2.45, 2.75) is 36.6 Å². The molecule has 0 saturated carbocycles. The number of hydrogen-bond donors (Lipinski definition) is 1. The van der Waals surface area contributed by atoms with Crippen molar-refractivity contribution in [3.05, 3.63) is 65.4 Å². The number of aryl methyl sites for hydroxylation is 1. The van der Waals surface area contributed by atoms with E-state index in [9.17, 15) is 4.79 Å². The Balaban J connectivity index is 1.41. The number of carbonyl (C=O) groups is 1. The van der Waals surface area contributed by atoms with Gasteiger partial charge >= 0.3 is 0 Å². The molecule has 0 spiro atoms. The number of amides is 1. The quantitative estimate of drug-likeness (QED) is 0.675. The molecule has 0 aliphatic carbocycles. The van der Waals surface area contributed by atoms with Crippen LogP contribution < -0.4 is 0 Å². The highest BCUT2D eigenvalue weighted by Gasteiger charge is 2.27. The van der Waals surface area contributed by atoms with Gasteiger partial charge in [0, 0.05) is 19.0 Å². The van der Waals surface area contributed by atoms with Crippen LogP contribution in [0.4, 0.5) is 0 Å². The molecule has 2 aromatic heterocycles. The maximum absolute atomic E-state index is 12.9. The third-order valence-electron chi connectivity index (χ3n) is 4.95. The Kier molecular flexibility index (Phi) is 5.29. The van der Waals surface area contributed by atoms with Gasteiger partial charge in [-0.3, -0.25) is 9.89 Å². The van der Waals surface area contributed by atoms with Crippen molar-refractivity contribution >= 4 is 17.7 Å². The first-order chi connectivity index (χ1) is 13.2. The van der Waals surface area contributed by atoms with E-state index in [4.69, 9.17) is 4.42 Å². The highest BCUT2D eigenvalue weighted by atomic mass is 32.2. The molecule has 7 heteroatoms. The highest BCUT2D eigenvalue weighted by Crippen LogP contribution is 2.30. The van der Waals surface area contributed by atoms with Gasteiger partial charge in [-0.15, -0.1) is 0 Å². The van der Waals surface area contributed by atoms with Crippen LogP contribution in [0.5, 0.6) is 0 Å². The number of H-pyrrole nitrogens is 1. The smallest absolute Gasteiger partial charge is 0.289 e. The van der Waals surface area contributed by atoms with Crippen molar-refractivity contribution in [3.8, 4) is 0 Å². The molecule has 1 atom stereocenters. The zero-order valence-corrected chi connectivity index (χ0v) is 16.0. The number of aromatic nitrogens is 3. The predicted molar refractivity (Wildman–Crippen MR) is 104 cm³/mol. The Bertz CT molecular complexity index is 906. The Morgan fingerprint density at radius 1 is 1.33 bits per heavy atom. The second kappa shape index (κ2) is 8.00. The first kappa shape index (κ1) is 17.9. The zero-order chi connectivity index (χ0) is 18.6. The minimum atomic E-state index is -0.0239. The van der Waals surface area contributed by atoms with E-state index in [0.29, 0.717) is 17.4 Å². The Labute approximate surface area is 162 Å². The van der Waals surface area contributed by atoms with Crippen LogP contribution in [0.1, 0.15) is 46.2 Å². The summed E-state index contributed by atoms with van der Waals surface area (Å²) in [6.07, 6.45) is 3.60. The normalized spacial score (nSPS) is 17.2. The van der Waals surface area contributed by atoms with E-state index in [1.807, 2.05) is 11.0 Å². The molecule has 27 heavy (non-hydrogen) atoms. The molecule has 1 fully saturated rings. The predicted octanol–water partition coefficient (Wildman–Crippen LogP) is 4.02. The number of rotatable bonds is 5. The molecule has 0 bridgehead atoms. The lowest BCUT2D eigenvalue weighted by Crippen LogP contribution is -2.39. The molecular formula is C20H22N4O2S. The number of hydrogen-bond acceptors (Lipinski definition) is 5. The van der Waals surface area contributed by atoms with Gasteiger partial charge in [-0.25, -0.2) is 4.98 Å². The van der Waals surface area contributed by atoms with Crippen LogP contribution in [-0.4, -0.2) is 39.1 Å². The van der Waals surface area contributed by atoms with Gasteiger partial charge in [-0.05, 0) is 43.0 Å². The van der Waals surface area contributed by atoms with Crippen LogP contribution in [0.25, 0.3) is 0 Å². The van der Waals surface area contributed by atoms with Crippen LogP contribution in [0.3, 0.4) is 0 Å². The number of furan rings is 1. The van der Waals surface area contributed by atoms with Gasteiger partial charge in [0.2, 0.25) is 0 Å². The molecule has 1 amide bonds. The van der Waals surface area contributed by atoms with Crippen LogP contribution in [-0.2, 0) is 5.75 Å². The number of carbonyl (C=O) groups excluding carboxylic acids is 1. The van der Waals surface area contributed by atoms with E-state index in [1.165, 1.54) is 29.2 Å². The second-order valence-corrected chi connectivity index (χ2v) is 7.76. The van der Waals surface area contributed by atoms with E-state index in [2.05, 4.69) is 46.4 Å². The fraction of sp³-hybridized carbons (Fsp3) is 0.350. The summed E-state index contributed by atoms with van der Waals surface area (Å²) in [6.45, 7) is 3.66. The molecule has 1 unspecified atom stereocenters. The molecule has 3 aromatic rings. The summed E-state index contributed by atoms with van der Waals surface area (Å²) in [4.78, 5) is 18.9. The zero-order valence-electron chi connectivity index (χ0n) is 15.2. The van der Waals surface area contributed by atoms with Crippen molar-refractivity contribution in [1.29, 1.82) is 0 Å². The molecule has 140 valence electrons. The minimum Gasteiger partial charge on any atom is -0.455 e. The average Bonchev–Trinajstić information content (AvgIpc) is 3.38. The lowest BCUT2D eigenvalue weighted by molar-refractivity contribution is 0.0673. The topological polar surface area (TPSA) is 75.0 Å². The number of likely N-dealkylation sites (tertiary alicyclic amines) is 1. The second-order valence-electron chi connectivity index (χ2n) is 6.79. The van der Waals surface area contributed by atoms with Crippen molar-refractivity contribution in [2.75, 3.05) is 13.1 Å². The molecule has 1 aliphatic heterocycles. The molecular weight excluding hydrogens is 360 g/mol. The maximum Gasteiger partial charge on any atom is 0.289 e. The van der Waals surface area contributed by atoms with E-state index >= 15 is 0 Å². The summed E-state index contributed by atoms with van der Waals surface area (Å²) in [5, 5.41) is 7.35. The third-order valence-corrected chi connectivity index (χ3v) is 5.85. The van der Waals surface area contributed by atoms with Gasteiger partial charge < -0.3 is 9.32 Å². The Morgan fingerprint density at radius 3 is 3.04 bits per heavy atom. The summed E-state index contributed by atoms with van der Waals surface area (Å²) in [6, 6.07) is 12.1. The van der Waals surface area contributed by atoms with Gasteiger partial charge in [-0.2, -0.15) is 5.10 Å². The monoisotopic (exact) mass is 382 g/mol. The minimum absolute atomic E-state index is 0.0239. The van der Waals surface area contributed by atoms with Crippen LogP contribution in [0, 0.1) is 6.92 Å². The number of nitrogens with zero attached hydrogens (tertiary/aromatic N) is 3.